The Bertz CT molecular complexity index is 378. The highest BCUT2D eigenvalue weighted by atomic mass is 32.2. The van der Waals surface area contributed by atoms with Gasteiger partial charge in [-0.2, -0.15) is 0 Å². The maximum absolute atomic E-state index is 10.9. The SMILES string of the molecule is CC(=O)c1cnc(S(C)=O)nc1N. The molecule has 0 aliphatic heterocycles. The fraction of sp³-hybridized carbons (Fsp3) is 0.286. The number of nitrogen functional groups attached to an aromatic ring is 1. The lowest BCUT2D eigenvalue weighted by Gasteiger charge is -2.00. The van der Waals surface area contributed by atoms with Gasteiger partial charge < -0.3 is 5.73 Å². The van der Waals surface area contributed by atoms with Crippen molar-refractivity contribution in [3.63, 3.8) is 0 Å². The molecule has 13 heavy (non-hydrogen) atoms. The van der Waals surface area contributed by atoms with Crippen LogP contribution in [0.25, 0.3) is 0 Å². The fourth-order valence-electron chi connectivity index (χ4n) is 0.788. The van der Waals surface area contributed by atoms with Gasteiger partial charge in [-0.05, 0) is 6.92 Å². The zero-order valence-electron chi connectivity index (χ0n) is 7.27. The van der Waals surface area contributed by atoms with Crippen LogP contribution in [0.1, 0.15) is 17.3 Å². The number of Topliss-reactive ketones (excluding diaryl/α,β-unsaturated/α-hetero) is 1. The van der Waals surface area contributed by atoms with Crippen LogP contribution in [-0.4, -0.2) is 26.2 Å². The van der Waals surface area contributed by atoms with Gasteiger partial charge in [0.05, 0.1) is 16.4 Å². The Hall–Kier alpha value is -1.30. The maximum atomic E-state index is 10.9. The zero-order valence-corrected chi connectivity index (χ0v) is 8.09. The quantitative estimate of drug-likeness (QED) is 0.535. The molecule has 0 fully saturated rings. The Kier molecular flexibility index (Phi) is 2.72. The van der Waals surface area contributed by atoms with Crippen molar-refractivity contribution in [2.75, 3.05) is 12.0 Å². The van der Waals surface area contributed by atoms with Crippen molar-refractivity contribution in [3.8, 4) is 0 Å². The highest BCUT2D eigenvalue weighted by molar-refractivity contribution is 7.84. The summed E-state index contributed by atoms with van der Waals surface area (Å²) in [5, 5.41) is 0.141. The van der Waals surface area contributed by atoms with Crippen LogP contribution in [0.2, 0.25) is 0 Å². The second kappa shape index (κ2) is 3.61. The number of carbonyl (C=O) groups excluding carboxylic acids is 1. The summed E-state index contributed by atoms with van der Waals surface area (Å²) in [4.78, 5) is 18.4. The third-order valence-electron chi connectivity index (χ3n) is 1.43. The molecule has 0 spiro atoms. The van der Waals surface area contributed by atoms with Crippen LogP contribution in [0.3, 0.4) is 0 Å². The van der Waals surface area contributed by atoms with E-state index in [1.165, 1.54) is 19.4 Å². The maximum Gasteiger partial charge on any atom is 0.220 e. The number of hydrogen-bond acceptors (Lipinski definition) is 5. The zero-order chi connectivity index (χ0) is 10.0. The summed E-state index contributed by atoms with van der Waals surface area (Å²) in [6.45, 7) is 1.37. The summed E-state index contributed by atoms with van der Waals surface area (Å²) in [5.41, 5.74) is 5.71. The van der Waals surface area contributed by atoms with Gasteiger partial charge in [0.25, 0.3) is 0 Å². The average molecular weight is 199 g/mol. The predicted molar refractivity (Wildman–Crippen MR) is 48.8 cm³/mol. The van der Waals surface area contributed by atoms with Crippen molar-refractivity contribution in [1.82, 2.24) is 9.97 Å². The van der Waals surface area contributed by atoms with E-state index in [2.05, 4.69) is 9.97 Å². The van der Waals surface area contributed by atoms with Gasteiger partial charge >= 0.3 is 0 Å². The van der Waals surface area contributed by atoms with E-state index >= 15 is 0 Å². The average Bonchev–Trinajstić information content (AvgIpc) is 2.03. The molecule has 70 valence electrons. The van der Waals surface area contributed by atoms with Gasteiger partial charge in [-0.1, -0.05) is 0 Å². The van der Waals surface area contributed by atoms with Crippen molar-refractivity contribution < 1.29 is 9.00 Å². The molecule has 0 aliphatic rings. The number of rotatable bonds is 2. The first kappa shape index (κ1) is 9.79. The third kappa shape index (κ3) is 2.09. The molecule has 0 aromatic carbocycles. The third-order valence-corrected chi connectivity index (χ3v) is 2.14. The number of aromatic nitrogens is 2. The van der Waals surface area contributed by atoms with Crippen LogP contribution in [0.15, 0.2) is 11.4 Å². The van der Waals surface area contributed by atoms with Crippen molar-refractivity contribution >= 4 is 22.4 Å². The number of hydrogen-bond donors (Lipinski definition) is 1. The Balaban J connectivity index is 3.20. The minimum absolute atomic E-state index is 0.0766. The van der Waals surface area contributed by atoms with Gasteiger partial charge in [0.2, 0.25) is 5.16 Å². The molecular weight excluding hydrogens is 190 g/mol. The predicted octanol–water partition coefficient (Wildman–Crippen LogP) is -0.00120. The molecule has 1 rings (SSSR count). The largest absolute Gasteiger partial charge is 0.383 e. The first-order valence-corrected chi connectivity index (χ1v) is 5.05. The molecule has 1 unspecified atom stereocenters. The van der Waals surface area contributed by atoms with Crippen molar-refractivity contribution in [1.29, 1.82) is 0 Å². The molecule has 0 aliphatic carbocycles. The number of anilines is 1. The first-order chi connectivity index (χ1) is 6.02. The van der Waals surface area contributed by atoms with Crippen molar-refractivity contribution in [3.05, 3.63) is 11.8 Å². The van der Waals surface area contributed by atoms with Crippen LogP contribution in [0.5, 0.6) is 0 Å². The van der Waals surface area contributed by atoms with Crippen LogP contribution >= 0.6 is 0 Å². The molecule has 1 aromatic rings. The minimum atomic E-state index is -1.27. The van der Waals surface area contributed by atoms with Gasteiger partial charge in [-0.3, -0.25) is 9.00 Å². The smallest absolute Gasteiger partial charge is 0.220 e. The lowest BCUT2D eigenvalue weighted by Crippen LogP contribution is -2.07. The molecule has 0 radical (unpaired) electrons. The van der Waals surface area contributed by atoms with Gasteiger partial charge in [0.15, 0.2) is 5.78 Å². The topological polar surface area (TPSA) is 85.9 Å². The first-order valence-electron chi connectivity index (χ1n) is 3.49. The molecule has 1 heterocycles. The van der Waals surface area contributed by atoms with Crippen LogP contribution in [-0.2, 0) is 10.8 Å². The second-order valence-corrected chi connectivity index (χ2v) is 3.74. The molecule has 1 aromatic heterocycles. The Morgan fingerprint density at radius 3 is 2.62 bits per heavy atom. The number of ketones is 1. The number of nitrogens with two attached hydrogens (primary N) is 1. The molecule has 6 heteroatoms. The number of carbonyl (C=O) groups is 1. The van der Waals surface area contributed by atoms with E-state index in [-0.39, 0.29) is 22.3 Å². The number of nitrogens with zero attached hydrogens (tertiary/aromatic N) is 2. The molecular formula is C7H9N3O2S. The van der Waals surface area contributed by atoms with Crippen LogP contribution < -0.4 is 5.73 Å². The lowest BCUT2D eigenvalue weighted by molar-refractivity contribution is 0.101. The highest BCUT2D eigenvalue weighted by Gasteiger charge is 2.09. The molecule has 0 amide bonds. The van der Waals surface area contributed by atoms with Gasteiger partial charge in [-0.15, -0.1) is 0 Å². The summed E-state index contributed by atoms with van der Waals surface area (Å²) >= 11 is 0. The Morgan fingerprint density at radius 2 is 2.23 bits per heavy atom. The standard InChI is InChI=1S/C7H9N3O2S/c1-4(11)5-3-9-7(13(2)12)10-6(5)8/h3H,1-2H3,(H2,8,9,10). The van der Waals surface area contributed by atoms with E-state index in [9.17, 15) is 9.00 Å². The van der Waals surface area contributed by atoms with Gasteiger partial charge in [0, 0.05) is 12.5 Å². The lowest BCUT2D eigenvalue weighted by atomic mass is 10.2. The van der Waals surface area contributed by atoms with E-state index in [1.54, 1.807) is 0 Å². The summed E-state index contributed by atoms with van der Waals surface area (Å²) in [5.74, 6) is -0.126. The molecule has 2 N–H and O–H groups in total. The van der Waals surface area contributed by atoms with E-state index in [0.717, 1.165) is 0 Å². The molecule has 0 bridgehead atoms. The summed E-state index contributed by atoms with van der Waals surface area (Å²) < 4.78 is 10.9. The molecule has 0 saturated carbocycles. The second-order valence-electron chi connectivity index (χ2n) is 2.46. The summed E-state index contributed by atoms with van der Waals surface area (Å²) in [7, 11) is -1.27. The van der Waals surface area contributed by atoms with E-state index in [0.29, 0.717) is 0 Å². The van der Waals surface area contributed by atoms with E-state index in [1.807, 2.05) is 0 Å². The van der Waals surface area contributed by atoms with E-state index < -0.39 is 10.8 Å². The molecule has 0 saturated heterocycles. The van der Waals surface area contributed by atoms with Crippen molar-refractivity contribution in [2.24, 2.45) is 0 Å². The normalized spacial score (nSPS) is 12.5. The Morgan fingerprint density at radius 1 is 1.62 bits per heavy atom. The van der Waals surface area contributed by atoms with Crippen LogP contribution in [0.4, 0.5) is 5.82 Å². The fourth-order valence-corrected chi connectivity index (χ4v) is 1.22. The summed E-state index contributed by atoms with van der Waals surface area (Å²) in [6.07, 6.45) is 2.74. The molecule has 5 nitrogen and oxygen atoms in total. The minimum Gasteiger partial charge on any atom is -0.383 e. The van der Waals surface area contributed by atoms with Gasteiger partial charge in [0.1, 0.15) is 5.82 Å². The summed E-state index contributed by atoms with van der Waals surface area (Å²) in [6, 6.07) is 0. The molecule has 1 atom stereocenters. The Labute approximate surface area is 77.8 Å². The monoisotopic (exact) mass is 199 g/mol. The van der Waals surface area contributed by atoms with Crippen molar-refractivity contribution in [2.45, 2.75) is 12.1 Å². The van der Waals surface area contributed by atoms with Crippen LogP contribution in [0, 0.1) is 0 Å². The highest BCUT2D eigenvalue weighted by Crippen LogP contribution is 2.09. The van der Waals surface area contributed by atoms with E-state index in [4.69, 9.17) is 5.73 Å². The van der Waals surface area contributed by atoms with Gasteiger partial charge in [-0.25, -0.2) is 9.97 Å².